The van der Waals surface area contributed by atoms with E-state index in [0.29, 0.717) is 0 Å². The van der Waals surface area contributed by atoms with Gasteiger partial charge in [-0.3, -0.25) is 4.98 Å². The largest absolute Gasteiger partial charge is 0.367 e. The Kier molecular flexibility index (Phi) is 3.94. The zero-order valence-corrected chi connectivity index (χ0v) is 13.6. The number of halogens is 1. The van der Waals surface area contributed by atoms with Gasteiger partial charge in [0.05, 0.1) is 21.4 Å². The van der Waals surface area contributed by atoms with E-state index >= 15 is 0 Å². The highest BCUT2D eigenvalue weighted by Crippen LogP contribution is 2.37. The maximum absolute atomic E-state index is 4.81. The number of aryl methyl sites for hydroxylation is 2. The van der Waals surface area contributed by atoms with Crippen molar-refractivity contribution in [3.63, 3.8) is 0 Å². The van der Waals surface area contributed by atoms with Crippen molar-refractivity contribution < 1.29 is 0 Å². The van der Waals surface area contributed by atoms with Crippen molar-refractivity contribution in [3.05, 3.63) is 33.9 Å². The molecule has 0 spiro atoms. The fraction of sp³-hybridized carbons (Fsp3) is 0.438. The number of nitrogens with zero attached hydrogens (tertiary/aromatic N) is 2. The second kappa shape index (κ2) is 5.70. The molecule has 2 aromatic rings. The van der Waals surface area contributed by atoms with Gasteiger partial charge in [0.15, 0.2) is 0 Å². The van der Waals surface area contributed by atoms with E-state index in [1.165, 1.54) is 16.6 Å². The van der Waals surface area contributed by atoms with Gasteiger partial charge in [-0.15, -0.1) is 0 Å². The molecule has 0 saturated carbocycles. The van der Waals surface area contributed by atoms with Gasteiger partial charge in [-0.05, 0) is 34.8 Å². The van der Waals surface area contributed by atoms with E-state index in [1.54, 1.807) is 0 Å². The van der Waals surface area contributed by atoms with Crippen LogP contribution in [-0.4, -0.2) is 31.2 Å². The number of rotatable bonds is 2. The van der Waals surface area contributed by atoms with Crippen LogP contribution in [0.1, 0.15) is 18.2 Å². The molecular formula is C16H20BrN3. The van der Waals surface area contributed by atoms with Crippen LogP contribution in [-0.2, 0) is 6.42 Å². The Morgan fingerprint density at radius 1 is 1.30 bits per heavy atom. The second-order valence-corrected chi connectivity index (χ2v) is 6.06. The van der Waals surface area contributed by atoms with E-state index in [0.717, 1.165) is 48.3 Å². The Morgan fingerprint density at radius 3 is 2.75 bits per heavy atom. The summed E-state index contributed by atoms with van der Waals surface area (Å²) in [5.74, 6) is 0. The summed E-state index contributed by atoms with van der Waals surface area (Å²) in [5.41, 5.74) is 4.87. The van der Waals surface area contributed by atoms with Crippen LogP contribution in [0.5, 0.6) is 0 Å². The van der Waals surface area contributed by atoms with Crippen molar-refractivity contribution in [1.29, 1.82) is 0 Å². The van der Waals surface area contributed by atoms with Crippen LogP contribution in [0.15, 0.2) is 22.7 Å². The van der Waals surface area contributed by atoms with E-state index < -0.39 is 0 Å². The molecule has 0 atom stereocenters. The zero-order valence-electron chi connectivity index (χ0n) is 12.0. The van der Waals surface area contributed by atoms with Gasteiger partial charge in [0.1, 0.15) is 0 Å². The summed E-state index contributed by atoms with van der Waals surface area (Å²) in [6, 6.07) is 6.53. The van der Waals surface area contributed by atoms with Crippen LogP contribution in [0.4, 0.5) is 5.69 Å². The molecule has 0 radical (unpaired) electrons. The van der Waals surface area contributed by atoms with Gasteiger partial charge in [-0.2, -0.15) is 0 Å². The summed E-state index contributed by atoms with van der Waals surface area (Å²) in [6.45, 7) is 8.46. The van der Waals surface area contributed by atoms with Crippen molar-refractivity contribution in [2.75, 3.05) is 31.1 Å². The molecule has 20 heavy (non-hydrogen) atoms. The summed E-state index contributed by atoms with van der Waals surface area (Å²) in [6.07, 6.45) is 1.02. The van der Waals surface area contributed by atoms with Crippen LogP contribution in [0, 0.1) is 6.92 Å². The molecule has 106 valence electrons. The number of aromatic nitrogens is 1. The standard InChI is InChI=1S/C16H20BrN3/c1-3-12-5-4-6-13-15(12)19-11(2)14(17)16(13)20-9-7-18-8-10-20/h4-6,18H,3,7-10H2,1-2H3. The minimum atomic E-state index is 1.02. The lowest BCUT2D eigenvalue weighted by molar-refractivity contribution is 0.589. The summed E-state index contributed by atoms with van der Waals surface area (Å²) in [5, 5.41) is 4.68. The van der Waals surface area contributed by atoms with E-state index in [1.807, 2.05) is 0 Å². The SMILES string of the molecule is CCc1cccc2c(N3CCNCC3)c(Br)c(C)nc12. The molecule has 1 saturated heterocycles. The predicted octanol–water partition coefficient (Wildman–Crippen LogP) is 3.28. The van der Waals surface area contributed by atoms with Crippen molar-refractivity contribution in [2.24, 2.45) is 0 Å². The Morgan fingerprint density at radius 2 is 2.05 bits per heavy atom. The number of anilines is 1. The van der Waals surface area contributed by atoms with Crippen LogP contribution < -0.4 is 10.2 Å². The van der Waals surface area contributed by atoms with E-state index in [2.05, 4.69) is 58.2 Å². The van der Waals surface area contributed by atoms with Gasteiger partial charge >= 0.3 is 0 Å². The van der Waals surface area contributed by atoms with E-state index in [-0.39, 0.29) is 0 Å². The number of piperazine rings is 1. The topological polar surface area (TPSA) is 28.2 Å². The molecule has 0 unspecified atom stereocenters. The molecule has 1 aliphatic heterocycles. The maximum Gasteiger partial charge on any atom is 0.0758 e. The third-order valence-electron chi connectivity index (χ3n) is 3.99. The highest BCUT2D eigenvalue weighted by Gasteiger charge is 2.19. The van der Waals surface area contributed by atoms with Crippen LogP contribution in [0.25, 0.3) is 10.9 Å². The van der Waals surface area contributed by atoms with Crippen LogP contribution >= 0.6 is 15.9 Å². The summed E-state index contributed by atoms with van der Waals surface area (Å²) >= 11 is 3.76. The first kappa shape index (κ1) is 13.8. The molecule has 3 rings (SSSR count). The molecule has 3 nitrogen and oxygen atoms in total. The van der Waals surface area contributed by atoms with Crippen molar-refractivity contribution in [2.45, 2.75) is 20.3 Å². The minimum Gasteiger partial charge on any atom is -0.367 e. The Labute approximate surface area is 128 Å². The summed E-state index contributed by atoms with van der Waals surface area (Å²) in [7, 11) is 0. The van der Waals surface area contributed by atoms with Gasteiger partial charge in [0.25, 0.3) is 0 Å². The highest BCUT2D eigenvalue weighted by molar-refractivity contribution is 9.10. The van der Waals surface area contributed by atoms with Crippen LogP contribution in [0.3, 0.4) is 0 Å². The van der Waals surface area contributed by atoms with Crippen LogP contribution in [0.2, 0.25) is 0 Å². The first-order chi connectivity index (χ1) is 9.72. The fourth-order valence-corrected chi connectivity index (χ4v) is 3.46. The van der Waals surface area contributed by atoms with Crippen molar-refractivity contribution in [3.8, 4) is 0 Å². The van der Waals surface area contributed by atoms with Gasteiger partial charge in [-0.25, -0.2) is 0 Å². The lowest BCUT2D eigenvalue weighted by Crippen LogP contribution is -2.43. The monoisotopic (exact) mass is 333 g/mol. The lowest BCUT2D eigenvalue weighted by atomic mass is 10.0. The number of nitrogens with one attached hydrogen (secondary N) is 1. The normalized spacial score (nSPS) is 15.8. The quantitative estimate of drug-likeness (QED) is 0.914. The molecule has 1 aliphatic rings. The van der Waals surface area contributed by atoms with Gasteiger partial charge < -0.3 is 10.2 Å². The number of pyridine rings is 1. The predicted molar refractivity (Wildman–Crippen MR) is 88.6 cm³/mol. The van der Waals surface area contributed by atoms with Crippen molar-refractivity contribution in [1.82, 2.24) is 10.3 Å². The Balaban J connectivity index is 2.25. The third-order valence-corrected chi connectivity index (χ3v) is 4.94. The number of fused-ring (bicyclic) bond motifs is 1. The summed E-state index contributed by atoms with van der Waals surface area (Å²) in [4.78, 5) is 7.28. The first-order valence-electron chi connectivity index (χ1n) is 7.25. The van der Waals surface area contributed by atoms with E-state index in [9.17, 15) is 0 Å². The highest BCUT2D eigenvalue weighted by atomic mass is 79.9. The number of hydrogen-bond acceptors (Lipinski definition) is 3. The third kappa shape index (κ3) is 2.31. The average molecular weight is 334 g/mol. The lowest BCUT2D eigenvalue weighted by Gasteiger charge is -2.31. The number of para-hydroxylation sites is 1. The fourth-order valence-electron chi connectivity index (χ4n) is 2.90. The first-order valence-corrected chi connectivity index (χ1v) is 8.05. The molecule has 4 heteroatoms. The Bertz CT molecular complexity index is 633. The number of benzene rings is 1. The minimum absolute atomic E-state index is 1.02. The molecule has 0 amide bonds. The molecule has 0 aliphatic carbocycles. The number of hydrogen-bond donors (Lipinski definition) is 1. The summed E-state index contributed by atoms with van der Waals surface area (Å²) < 4.78 is 1.14. The average Bonchev–Trinajstić information content (AvgIpc) is 2.49. The molecule has 1 aromatic heterocycles. The molecule has 1 fully saturated rings. The zero-order chi connectivity index (χ0) is 14.1. The molecule has 1 aromatic carbocycles. The molecule has 2 heterocycles. The molecule has 0 bridgehead atoms. The maximum atomic E-state index is 4.81. The second-order valence-electron chi connectivity index (χ2n) is 5.26. The van der Waals surface area contributed by atoms with E-state index in [4.69, 9.17) is 4.98 Å². The smallest absolute Gasteiger partial charge is 0.0758 e. The van der Waals surface area contributed by atoms with Gasteiger partial charge in [0.2, 0.25) is 0 Å². The molecular weight excluding hydrogens is 314 g/mol. The Hall–Kier alpha value is -1.13. The van der Waals surface area contributed by atoms with Crippen molar-refractivity contribution >= 4 is 32.5 Å². The van der Waals surface area contributed by atoms with Gasteiger partial charge in [0, 0.05) is 31.6 Å². The van der Waals surface area contributed by atoms with Gasteiger partial charge in [-0.1, -0.05) is 25.1 Å². The molecule has 1 N–H and O–H groups in total.